The summed E-state index contributed by atoms with van der Waals surface area (Å²) in [6.45, 7) is 2.20. The molecule has 17 heavy (non-hydrogen) atoms. The van der Waals surface area contributed by atoms with Crippen molar-refractivity contribution >= 4 is 15.9 Å². The summed E-state index contributed by atoms with van der Waals surface area (Å²) in [6, 6.07) is 4.51. The van der Waals surface area contributed by atoms with E-state index in [1.54, 1.807) is 0 Å². The van der Waals surface area contributed by atoms with Crippen molar-refractivity contribution in [3.8, 4) is 12.1 Å². The molecule has 5 atom stereocenters. The van der Waals surface area contributed by atoms with Crippen LogP contribution in [0.25, 0.3) is 0 Å². The molecule has 0 aliphatic heterocycles. The fraction of sp³-hybridized carbons (Fsp3) is 0.857. The van der Waals surface area contributed by atoms with Crippen molar-refractivity contribution < 1.29 is 0 Å². The molecule has 0 amide bonds. The molecule has 4 aliphatic carbocycles. The largest absolute Gasteiger partial charge is 0.197 e. The Bertz CT molecular complexity index is 400. The van der Waals surface area contributed by atoms with Gasteiger partial charge in [0, 0.05) is 9.74 Å². The van der Waals surface area contributed by atoms with Crippen LogP contribution >= 0.6 is 15.9 Å². The maximum absolute atomic E-state index is 9.26. The summed E-state index contributed by atoms with van der Waals surface area (Å²) < 4.78 is 0.332. The van der Waals surface area contributed by atoms with E-state index >= 15 is 0 Å². The molecule has 4 rings (SSSR count). The van der Waals surface area contributed by atoms with Gasteiger partial charge in [0.05, 0.1) is 12.1 Å². The van der Waals surface area contributed by atoms with Gasteiger partial charge in [-0.15, -0.1) is 0 Å². The molecule has 4 fully saturated rings. The standard InChI is InChI=1S/C14H17BrN2/c1-13(12(7-16)8-17)10-2-9-3-11(13)6-14(15,4-9)5-10/h9-12H,2-6H2,1H3/t9?,10-,11+,13?,14?. The van der Waals surface area contributed by atoms with Gasteiger partial charge in [-0.2, -0.15) is 10.5 Å². The van der Waals surface area contributed by atoms with Crippen LogP contribution in [0.4, 0.5) is 0 Å². The Morgan fingerprint density at radius 3 is 2.06 bits per heavy atom. The van der Waals surface area contributed by atoms with Crippen molar-refractivity contribution in [3.05, 3.63) is 0 Å². The topological polar surface area (TPSA) is 47.6 Å². The third-order valence-electron chi connectivity index (χ3n) is 5.75. The number of nitrogens with zero attached hydrogens (tertiary/aromatic N) is 2. The Kier molecular flexibility index (Phi) is 2.37. The van der Waals surface area contributed by atoms with Crippen LogP contribution in [0.15, 0.2) is 0 Å². The molecule has 4 aliphatic rings. The molecule has 3 unspecified atom stereocenters. The predicted molar refractivity (Wildman–Crippen MR) is 68.0 cm³/mol. The van der Waals surface area contributed by atoms with Gasteiger partial charge >= 0.3 is 0 Å². The fourth-order valence-corrected chi connectivity index (χ4v) is 6.18. The van der Waals surface area contributed by atoms with Crippen molar-refractivity contribution in [2.24, 2.45) is 29.1 Å². The normalized spacial score (nSPS) is 51.2. The Balaban J connectivity index is 2.00. The molecule has 4 bridgehead atoms. The van der Waals surface area contributed by atoms with Crippen LogP contribution in [-0.2, 0) is 0 Å². The predicted octanol–water partition coefficient (Wildman–Crippen LogP) is 3.63. The maximum Gasteiger partial charge on any atom is 0.139 e. The molecule has 2 nitrogen and oxygen atoms in total. The monoisotopic (exact) mass is 292 g/mol. The van der Waals surface area contributed by atoms with Gasteiger partial charge in [-0.1, -0.05) is 22.9 Å². The Hall–Kier alpha value is -0.540. The molecule has 0 spiro atoms. The first-order chi connectivity index (χ1) is 8.02. The van der Waals surface area contributed by atoms with Crippen molar-refractivity contribution in [2.45, 2.75) is 43.4 Å². The summed E-state index contributed by atoms with van der Waals surface area (Å²) in [5, 5.41) is 18.5. The van der Waals surface area contributed by atoms with Crippen molar-refractivity contribution in [1.82, 2.24) is 0 Å². The SMILES string of the molecule is CC1(C(C#N)C#N)[C@@H]2CC3C[C@H]1CC(Br)(C3)C2. The number of alkyl halides is 1. The zero-order valence-electron chi connectivity index (χ0n) is 10.1. The van der Waals surface area contributed by atoms with Crippen LogP contribution in [0.1, 0.15) is 39.0 Å². The summed E-state index contributed by atoms with van der Waals surface area (Å²) in [5.74, 6) is 1.54. The van der Waals surface area contributed by atoms with E-state index in [9.17, 15) is 10.5 Å². The number of hydrogen-bond donors (Lipinski definition) is 0. The lowest BCUT2D eigenvalue weighted by Gasteiger charge is -2.63. The smallest absolute Gasteiger partial charge is 0.139 e. The van der Waals surface area contributed by atoms with Crippen molar-refractivity contribution in [1.29, 1.82) is 10.5 Å². The molecule has 0 aromatic carbocycles. The first-order valence-corrected chi connectivity index (χ1v) is 7.29. The van der Waals surface area contributed by atoms with Gasteiger partial charge in [-0.3, -0.25) is 0 Å². The second-order valence-corrected chi connectivity index (χ2v) is 8.23. The second kappa shape index (κ2) is 3.48. The average molecular weight is 293 g/mol. The van der Waals surface area contributed by atoms with Gasteiger partial charge in [0.1, 0.15) is 5.92 Å². The van der Waals surface area contributed by atoms with Crippen molar-refractivity contribution in [3.63, 3.8) is 0 Å². The van der Waals surface area contributed by atoms with Crippen LogP contribution < -0.4 is 0 Å². The van der Waals surface area contributed by atoms with Gasteiger partial charge in [0.2, 0.25) is 0 Å². The van der Waals surface area contributed by atoms with Gasteiger partial charge in [0.25, 0.3) is 0 Å². The molecule has 90 valence electrons. The molecular weight excluding hydrogens is 276 g/mol. The molecule has 0 aromatic rings. The molecular formula is C14H17BrN2. The van der Waals surface area contributed by atoms with E-state index in [2.05, 4.69) is 35.0 Å². The van der Waals surface area contributed by atoms with Gasteiger partial charge < -0.3 is 0 Å². The van der Waals surface area contributed by atoms with E-state index in [0.717, 1.165) is 18.8 Å². The third kappa shape index (κ3) is 1.42. The molecule has 0 aromatic heterocycles. The highest BCUT2D eigenvalue weighted by molar-refractivity contribution is 9.10. The van der Waals surface area contributed by atoms with E-state index in [1.807, 2.05) is 0 Å². The summed E-state index contributed by atoms with van der Waals surface area (Å²) >= 11 is 3.94. The van der Waals surface area contributed by atoms with E-state index in [0.29, 0.717) is 16.2 Å². The molecule has 4 saturated carbocycles. The number of hydrogen-bond acceptors (Lipinski definition) is 2. The first kappa shape index (κ1) is 11.5. The lowest BCUT2D eigenvalue weighted by Crippen LogP contribution is -2.58. The first-order valence-electron chi connectivity index (χ1n) is 6.50. The molecule has 0 heterocycles. The Labute approximate surface area is 111 Å². The molecule has 0 saturated heterocycles. The number of nitriles is 2. The van der Waals surface area contributed by atoms with Gasteiger partial charge in [0.15, 0.2) is 0 Å². The summed E-state index contributed by atoms with van der Waals surface area (Å²) in [4.78, 5) is 0. The second-order valence-electron chi connectivity index (χ2n) is 6.55. The van der Waals surface area contributed by atoms with Crippen LogP contribution in [0, 0.1) is 51.7 Å². The highest BCUT2D eigenvalue weighted by Crippen LogP contribution is 2.67. The fourth-order valence-electron chi connectivity index (χ4n) is 4.94. The molecule has 0 N–H and O–H groups in total. The van der Waals surface area contributed by atoms with Crippen molar-refractivity contribution in [2.75, 3.05) is 0 Å². The minimum Gasteiger partial charge on any atom is -0.197 e. The molecule has 0 radical (unpaired) electrons. The number of rotatable bonds is 1. The lowest BCUT2D eigenvalue weighted by atomic mass is 9.43. The lowest BCUT2D eigenvalue weighted by molar-refractivity contribution is -0.0959. The van der Waals surface area contributed by atoms with Gasteiger partial charge in [-0.25, -0.2) is 0 Å². The van der Waals surface area contributed by atoms with E-state index in [-0.39, 0.29) is 5.41 Å². The summed E-state index contributed by atoms with van der Waals surface area (Å²) in [5.41, 5.74) is -0.0578. The third-order valence-corrected chi connectivity index (χ3v) is 6.73. The van der Waals surface area contributed by atoms with Gasteiger partial charge in [-0.05, 0) is 49.9 Å². The quantitative estimate of drug-likeness (QED) is 0.693. The highest BCUT2D eigenvalue weighted by Gasteiger charge is 2.62. The van der Waals surface area contributed by atoms with Crippen LogP contribution in [0.2, 0.25) is 0 Å². The molecule has 3 heteroatoms. The number of halogens is 1. The van der Waals surface area contributed by atoms with E-state index < -0.39 is 5.92 Å². The van der Waals surface area contributed by atoms with Crippen LogP contribution in [0.3, 0.4) is 0 Å². The zero-order valence-corrected chi connectivity index (χ0v) is 11.7. The summed E-state index contributed by atoms with van der Waals surface area (Å²) in [7, 11) is 0. The Morgan fingerprint density at radius 2 is 1.65 bits per heavy atom. The van der Waals surface area contributed by atoms with E-state index in [4.69, 9.17) is 0 Å². The van der Waals surface area contributed by atoms with Crippen LogP contribution in [0.5, 0.6) is 0 Å². The maximum atomic E-state index is 9.26. The van der Waals surface area contributed by atoms with E-state index in [1.165, 1.54) is 19.3 Å². The minimum absolute atomic E-state index is 0.0578. The summed E-state index contributed by atoms with van der Waals surface area (Å²) in [6.07, 6.45) is 6.10. The van der Waals surface area contributed by atoms with Crippen LogP contribution in [-0.4, -0.2) is 4.32 Å². The average Bonchev–Trinajstić information content (AvgIpc) is 2.25. The zero-order chi connectivity index (χ0) is 12.3. The minimum atomic E-state index is -0.423. The Morgan fingerprint density at radius 1 is 1.12 bits per heavy atom. The highest BCUT2D eigenvalue weighted by atomic mass is 79.9.